The average molecular weight is 530 g/mol. The Kier molecular flexibility index (Phi) is 7.31. The van der Waals surface area contributed by atoms with E-state index in [0.29, 0.717) is 17.0 Å². The average Bonchev–Trinajstić information content (AvgIpc) is 3.29. The summed E-state index contributed by atoms with van der Waals surface area (Å²) < 4.78 is 5.39. The van der Waals surface area contributed by atoms with Gasteiger partial charge in [-0.3, -0.25) is 19.3 Å². The molecule has 3 heterocycles. The SMILES string of the molecule is CCN1CCN(C(=O)NC(C(=O)N[C@@H]2Cc3cccc(C(=O)O)c3OB2O)c2csc(N)n2)C(=O)C1=O. The first-order valence-corrected chi connectivity index (χ1v) is 12.1. The van der Waals surface area contributed by atoms with Crippen LogP contribution in [0, 0.1) is 0 Å². The fourth-order valence-corrected chi connectivity index (χ4v) is 4.65. The highest BCUT2D eigenvalue weighted by molar-refractivity contribution is 7.13. The van der Waals surface area contributed by atoms with E-state index in [0.717, 1.165) is 11.3 Å². The van der Waals surface area contributed by atoms with Gasteiger partial charge >= 0.3 is 30.9 Å². The number of fused-ring (bicyclic) bond motifs is 1. The Morgan fingerprint density at radius 2 is 2.05 bits per heavy atom. The number of benzene rings is 1. The van der Waals surface area contributed by atoms with Gasteiger partial charge in [-0.05, 0) is 25.0 Å². The molecule has 2 aliphatic rings. The molecular formula is C21H23BN6O8S. The van der Waals surface area contributed by atoms with Crippen molar-refractivity contribution in [2.45, 2.75) is 25.3 Å². The molecule has 1 aromatic carbocycles. The van der Waals surface area contributed by atoms with E-state index in [1.807, 2.05) is 0 Å². The molecule has 0 aliphatic carbocycles. The fourth-order valence-electron chi connectivity index (χ4n) is 4.06. The summed E-state index contributed by atoms with van der Waals surface area (Å²) in [5.41, 5.74) is 6.10. The van der Waals surface area contributed by atoms with Gasteiger partial charge in [0.25, 0.3) is 0 Å². The standard InChI is InChI=1S/C21H23BN6O8S/c1-2-27-6-7-28(18(31)17(27)30)21(34)26-14(12-9-37-20(23)24-12)16(29)25-13-8-10-4-3-5-11(19(32)33)15(10)36-22(13)35/h3-5,9,13-14,35H,2,6-8H2,1H3,(H2,23,24)(H,25,29)(H,26,34)(H,32,33)/t13-,14?/m1/s1. The number of imide groups is 1. The molecule has 0 spiro atoms. The first-order valence-electron chi connectivity index (χ1n) is 11.2. The number of carbonyl (C=O) groups is 5. The molecule has 5 amide bonds. The van der Waals surface area contributed by atoms with Crippen molar-refractivity contribution in [2.24, 2.45) is 0 Å². The summed E-state index contributed by atoms with van der Waals surface area (Å²) in [6.45, 7) is 2.11. The van der Waals surface area contributed by atoms with E-state index in [9.17, 15) is 34.1 Å². The van der Waals surface area contributed by atoms with Crippen molar-refractivity contribution in [1.82, 2.24) is 25.4 Å². The number of carboxylic acids is 1. The first kappa shape index (κ1) is 25.9. The van der Waals surface area contributed by atoms with Gasteiger partial charge in [-0.1, -0.05) is 12.1 Å². The lowest BCUT2D eigenvalue weighted by molar-refractivity contribution is -0.153. The van der Waals surface area contributed by atoms with E-state index in [2.05, 4.69) is 15.6 Å². The molecule has 2 aliphatic heterocycles. The lowest BCUT2D eigenvalue weighted by Gasteiger charge is -2.33. The molecule has 2 atom stereocenters. The van der Waals surface area contributed by atoms with Crippen LogP contribution < -0.4 is 21.0 Å². The Balaban J connectivity index is 1.52. The number of hydrogen-bond acceptors (Lipinski definition) is 10. The summed E-state index contributed by atoms with van der Waals surface area (Å²) in [5, 5.41) is 26.4. The van der Waals surface area contributed by atoms with Gasteiger partial charge in [-0.15, -0.1) is 11.3 Å². The fraction of sp³-hybridized carbons (Fsp3) is 0.333. The quantitative estimate of drug-likeness (QED) is 0.228. The number of nitrogen functional groups attached to an aromatic ring is 1. The summed E-state index contributed by atoms with van der Waals surface area (Å²) in [4.78, 5) is 68.4. The van der Waals surface area contributed by atoms with Crippen LogP contribution in [0.25, 0.3) is 0 Å². The maximum Gasteiger partial charge on any atom is 0.547 e. The number of likely N-dealkylation sites (N-methyl/N-ethyl adjacent to an activating group) is 1. The number of nitrogens with two attached hydrogens (primary N) is 1. The van der Waals surface area contributed by atoms with Crippen LogP contribution in [-0.4, -0.2) is 87.3 Å². The Morgan fingerprint density at radius 1 is 1.30 bits per heavy atom. The third-order valence-electron chi connectivity index (χ3n) is 5.98. The number of piperazine rings is 1. The number of urea groups is 1. The van der Waals surface area contributed by atoms with Crippen molar-refractivity contribution >= 4 is 53.3 Å². The Morgan fingerprint density at radius 3 is 2.70 bits per heavy atom. The molecule has 0 saturated carbocycles. The number of aromatic nitrogens is 1. The highest BCUT2D eigenvalue weighted by Gasteiger charge is 2.41. The van der Waals surface area contributed by atoms with Crippen LogP contribution in [-0.2, 0) is 20.8 Å². The Labute approximate surface area is 214 Å². The van der Waals surface area contributed by atoms with Crippen LogP contribution in [0.15, 0.2) is 23.6 Å². The third-order valence-corrected chi connectivity index (χ3v) is 6.67. The largest absolute Gasteiger partial charge is 0.547 e. The number of carboxylic acid groups (broad SMARTS) is 1. The minimum Gasteiger partial charge on any atom is -0.534 e. The van der Waals surface area contributed by atoms with Gasteiger partial charge in [0, 0.05) is 25.0 Å². The maximum atomic E-state index is 13.3. The third kappa shape index (κ3) is 5.19. The van der Waals surface area contributed by atoms with Gasteiger partial charge in [0.05, 0.1) is 17.2 Å². The number of nitrogens with one attached hydrogen (secondary N) is 2. The minimum atomic E-state index is -1.59. The van der Waals surface area contributed by atoms with Gasteiger partial charge < -0.3 is 36.1 Å². The van der Waals surface area contributed by atoms with E-state index in [1.165, 1.54) is 22.4 Å². The van der Waals surface area contributed by atoms with Crippen molar-refractivity contribution in [3.63, 3.8) is 0 Å². The number of hydrogen-bond donors (Lipinski definition) is 5. The summed E-state index contributed by atoms with van der Waals surface area (Å²) >= 11 is 1.02. The van der Waals surface area contributed by atoms with Crippen molar-refractivity contribution in [3.05, 3.63) is 40.4 Å². The van der Waals surface area contributed by atoms with E-state index < -0.39 is 48.8 Å². The highest BCUT2D eigenvalue weighted by atomic mass is 32.1. The normalized spacial score (nSPS) is 18.1. The van der Waals surface area contributed by atoms with Crippen molar-refractivity contribution < 1.29 is 38.8 Å². The number of carbonyl (C=O) groups excluding carboxylic acids is 4. The number of aromatic carboxylic acids is 1. The number of anilines is 1. The molecule has 1 saturated heterocycles. The summed E-state index contributed by atoms with van der Waals surface area (Å²) in [6.07, 6.45) is 0.0369. The van der Waals surface area contributed by atoms with Gasteiger partial charge in [0.15, 0.2) is 11.2 Å². The van der Waals surface area contributed by atoms with Gasteiger partial charge in [-0.25, -0.2) is 14.6 Å². The zero-order valence-corrected chi connectivity index (χ0v) is 20.4. The number of para-hydroxylation sites is 1. The molecule has 1 aromatic heterocycles. The lowest BCUT2D eigenvalue weighted by Crippen LogP contribution is -2.60. The Bertz CT molecular complexity index is 1270. The van der Waals surface area contributed by atoms with Crippen LogP contribution >= 0.6 is 11.3 Å². The molecule has 0 bridgehead atoms. The van der Waals surface area contributed by atoms with Crippen molar-refractivity contribution in [2.75, 3.05) is 25.4 Å². The van der Waals surface area contributed by atoms with E-state index in [1.54, 1.807) is 13.0 Å². The lowest BCUT2D eigenvalue weighted by atomic mass is 9.72. The zero-order chi connectivity index (χ0) is 26.9. The predicted octanol–water partition coefficient (Wildman–Crippen LogP) is -0.995. The summed E-state index contributed by atoms with van der Waals surface area (Å²) in [7, 11) is -1.59. The van der Waals surface area contributed by atoms with Crippen LogP contribution in [0.1, 0.15) is 34.6 Å². The second-order valence-corrected chi connectivity index (χ2v) is 9.15. The number of nitrogens with zero attached hydrogens (tertiary/aromatic N) is 3. The molecule has 0 radical (unpaired) electrons. The second-order valence-electron chi connectivity index (χ2n) is 8.26. The van der Waals surface area contributed by atoms with Gasteiger partial charge in [0.2, 0.25) is 5.91 Å². The van der Waals surface area contributed by atoms with Crippen LogP contribution in [0.3, 0.4) is 0 Å². The van der Waals surface area contributed by atoms with Crippen LogP contribution in [0.4, 0.5) is 9.93 Å². The van der Waals surface area contributed by atoms with Crippen molar-refractivity contribution in [1.29, 1.82) is 0 Å². The molecule has 14 nitrogen and oxygen atoms in total. The molecule has 1 fully saturated rings. The monoisotopic (exact) mass is 530 g/mol. The zero-order valence-electron chi connectivity index (χ0n) is 19.5. The van der Waals surface area contributed by atoms with Gasteiger partial charge in [0.1, 0.15) is 5.75 Å². The van der Waals surface area contributed by atoms with E-state index in [4.69, 9.17) is 10.4 Å². The number of rotatable bonds is 6. The number of amides is 5. The molecule has 2 aromatic rings. The molecule has 1 unspecified atom stereocenters. The molecule has 6 N–H and O–H groups in total. The van der Waals surface area contributed by atoms with E-state index >= 15 is 0 Å². The first-order chi connectivity index (χ1) is 17.6. The van der Waals surface area contributed by atoms with Crippen molar-refractivity contribution in [3.8, 4) is 5.75 Å². The van der Waals surface area contributed by atoms with Crippen LogP contribution in [0.2, 0.25) is 0 Å². The molecule has 16 heteroatoms. The molecule has 4 rings (SSSR count). The topological polar surface area (TPSA) is 204 Å². The second kappa shape index (κ2) is 10.4. The molecule has 37 heavy (non-hydrogen) atoms. The minimum absolute atomic E-state index is 0.000437. The van der Waals surface area contributed by atoms with Crippen LogP contribution in [0.5, 0.6) is 5.75 Å². The Hall–Kier alpha value is -4.18. The predicted molar refractivity (Wildman–Crippen MR) is 129 cm³/mol. The summed E-state index contributed by atoms with van der Waals surface area (Å²) in [6, 6.07) is 2.05. The molecule has 194 valence electrons. The highest BCUT2D eigenvalue weighted by Crippen LogP contribution is 2.30. The van der Waals surface area contributed by atoms with Gasteiger partial charge in [-0.2, -0.15) is 0 Å². The maximum absolute atomic E-state index is 13.3. The van der Waals surface area contributed by atoms with E-state index in [-0.39, 0.29) is 41.6 Å². The molecular weight excluding hydrogens is 507 g/mol. The smallest absolute Gasteiger partial charge is 0.534 e. The number of thiazole rings is 1. The summed E-state index contributed by atoms with van der Waals surface area (Å²) in [5.74, 6) is -4.89.